The van der Waals surface area contributed by atoms with Gasteiger partial charge in [-0.1, -0.05) is 0 Å². The molecule has 1 N–H and O–H groups in total. The largest absolute Gasteiger partial charge is 0.358 e. The second kappa shape index (κ2) is 7.44. The van der Waals surface area contributed by atoms with Gasteiger partial charge in [-0.05, 0) is 37.1 Å². The van der Waals surface area contributed by atoms with Crippen LogP contribution in [-0.2, 0) is 25.8 Å². The van der Waals surface area contributed by atoms with E-state index >= 15 is 0 Å². The predicted octanol–water partition coefficient (Wildman–Crippen LogP) is 1.26. The summed E-state index contributed by atoms with van der Waals surface area (Å²) in [5.41, 5.74) is 2.43. The van der Waals surface area contributed by atoms with Gasteiger partial charge in [0.25, 0.3) is 0 Å². The first-order valence-electron chi connectivity index (χ1n) is 9.77. The Balaban J connectivity index is 1.38. The van der Waals surface area contributed by atoms with Crippen LogP contribution in [0.1, 0.15) is 17.7 Å². The standard InChI is InChI=1S/C20H24FN3O4S/c1-13-16(17-10-15(21)2-3-18(17)22-13)11-19(25)23-5-7-24(8-6-23)20(26)14-4-9-29(27,28)12-14/h2-3,10,14,22H,4-9,11-12H2,1H3. The lowest BCUT2D eigenvalue weighted by molar-refractivity contribution is -0.141. The fourth-order valence-corrected chi connectivity index (χ4v) is 6.00. The highest BCUT2D eigenvalue weighted by Crippen LogP contribution is 2.25. The summed E-state index contributed by atoms with van der Waals surface area (Å²) in [5.74, 6) is -0.972. The summed E-state index contributed by atoms with van der Waals surface area (Å²) < 4.78 is 36.9. The summed E-state index contributed by atoms with van der Waals surface area (Å²) in [7, 11) is -3.10. The highest BCUT2D eigenvalue weighted by molar-refractivity contribution is 7.91. The lowest BCUT2D eigenvalue weighted by Crippen LogP contribution is -2.52. The average Bonchev–Trinajstić information content (AvgIpc) is 3.20. The Labute approximate surface area is 168 Å². The van der Waals surface area contributed by atoms with Crippen molar-refractivity contribution in [1.29, 1.82) is 0 Å². The predicted molar refractivity (Wildman–Crippen MR) is 107 cm³/mol. The summed E-state index contributed by atoms with van der Waals surface area (Å²) in [6, 6.07) is 4.49. The number of carbonyl (C=O) groups is 2. The van der Waals surface area contributed by atoms with Crippen molar-refractivity contribution in [3.05, 3.63) is 35.3 Å². The number of hydrogen-bond donors (Lipinski definition) is 1. The van der Waals surface area contributed by atoms with Crippen LogP contribution >= 0.6 is 0 Å². The maximum absolute atomic E-state index is 13.6. The molecule has 2 aromatic rings. The highest BCUT2D eigenvalue weighted by Gasteiger charge is 2.36. The monoisotopic (exact) mass is 421 g/mol. The van der Waals surface area contributed by atoms with Crippen LogP contribution in [0, 0.1) is 18.7 Å². The first kappa shape index (κ1) is 19.9. The third-order valence-electron chi connectivity index (χ3n) is 5.94. The molecule has 1 aromatic carbocycles. The zero-order valence-corrected chi connectivity index (χ0v) is 17.1. The molecule has 9 heteroatoms. The SMILES string of the molecule is Cc1[nH]c2ccc(F)cc2c1CC(=O)N1CCN(C(=O)C2CCS(=O)(=O)C2)CC1. The van der Waals surface area contributed by atoms with Gasteiger partial charge in [0.2, 0.25) is 11.8 Å². The molecule has 0 bridgehead atoms. The van der Waals surface area contributed by atoms with Crippen LogP contribution < -0.4 is 0 Å². The van der Waals surface area contributed by atoms with Gasteiger partial charge >= 0.3 is 0 Å². The highest BCUT2D eigenvalue weighted by atomic mass is 32.2. The Kier molecular flexibility index (Phi) is 5.10. The Morgan fingerprint density at radius 2 is 1.86 bits per heavy atom. The molecule has 2 fully saturated rings. The number of fused-ring (bicyclic) bond motifs is 1. The third kappa shape index (κ3) is 4.01. The molecule has 2 saturated heterocycles. The number of aromatic amines is 1. The van der Waals surface area contributed by atoms with Crippen LogP contribution in [-0.4, -0.2) is 72.7 Å². The van der Waals surface area contributed by atoms with E-state index in [1.165, 1.54) is 12.1 Å². The fraction of sp³-hybridized carbons (Fsp3) is 0.500. The molecule has 7 nitrogen and oxygen atoms in total. The fourth-order valence-electron chi connectivity index (χ4n) is 4.27. The van der Waals surface area contributed by atoms with Crippen LogP contribution in [0.25, 0.3) is 10.9 Å². The van der Waals surface area contributed by atoms with E-state index in [0.29, 0.717) is 38.0 Å². The maximum Gasteiger partial charge on any atom is 0.227 e. The van der Waals surface area contributed by atoms with E-state index in [2.05, 4.69) is 4.98 Å². The van der Waals surface area contributed by atoms with Crippen molar-refractivity contribution in [3.8, 4) is 0 Å². The van der Waals surface area contributed by atoms with Crippen molar-refractivity contribution in [2.24, 2.45) is 5.92 Å². The van der Waals surface area contributed by atoms with Gasteiger partial charge in [0.1, 0.15) is 5.82 Å². The van der Waals surface area contributed by atoms with Crippen LogP contribution in [0.3, 0.4) is 0 Å². The van der Waals surface area contributed by atoms with E-state index in [-0.39, 0.29) is 35.6 Å². The number of amides is 2. The number of halogens is 1. The normalized spacial score (nSPS) is 21.7. The van der Waals surface area contributed by atoms with E-state index in [1.807, 2.05) is 6.92 Å². The number of nitrogens with one attached hydrogen (secondary N) is 1. The van der Waals surface area contributed by atoms with Crippen molar-refractivity contribution in [1.82, 2.24) is 14.8 Å². The van der Waals surface area contributed by atoms with Crippen molar-refractivity contribution < 1.29 is 22.4 Å². The van der Waals surface area contributed by atoms with Crippen molar-refractivity contribution in [3.63, 3.8) is 0 Å². The molecule has 2 aliphatic heterocycles. The molecule has 0 spiro atoms. The quantitative estimate of drug-likeness (QED) is 0.808. The van der Waals surface area contributed by atoms with Gasteiger partial charge < -0.3 is 14.8 Å². The first-order valence-corrected chi connectivity index (χ1v) is 11.6. The molecule has 1 atom stereocenters. The molecule has 156 valence electrons. The van der Waals surface area contributed by atoms with E-state index in [1.54, 1.807) is 15.9 Å². The Morgan fingerprint density at radius 3 is 2.52 bits per heavy atom. The van der Waals surface area contributed by atoms with Gasteiger partial charge in [0.15, 0.2) is 9.84 Å². The zero-order valence-electron chi connectivity index (χ0n) is 16.3. The number of sulfone groups is 1. The molecule has 1 unspecified atom stereocenters. The summed E-state index contributed by atoms with van der Waals surface area (Å²) in [5, 5.41) is 0.715. The van der Waals surface area contributed by atoms with Gasteiger partial charge in [0.05, 0.1) is 23.8 Å². The van der Waals surface area contributed by atoms with E-state index in [0.717, 1.165) is 16.8 Å². The molecule has 3 heterocycles. The van der Waals surface area contributed by atoms with Gasteiger partial charge in [-0.15, -0.1) is 0 Å². The number of aromatic nitrogens is 1. The molecule has 0 aliphatic carbocycles. The number of benzene rings is 1. The molecular weight excluding hydrogens is 397 g/mol. The minimum absolute atomic E-state index is 0.0613. The molecular formula is C20H24FN3O4S. The smallest absolute Gasteiger partial charge is 0.227 e. The molecule has 0 radical (unpaired) electrons. The van der Waals surface area contributed by atoms with E-state index < -0.39 is 15.8 Å². The Bertz CT molecular complexity index is 1070. The summed E-state index contributed by atoms with van der Waals surface area (Å²) in [4.78, 5) is 31.9. The minimum atomic E-state index is -3.10. The molecule has 0 saturated carbocycles. The zero-order chi connectivity index (χ0) is 20.8. The molecule has 29 heavy (non-hydrogen) atoms. The molecule has 4 rings (SSSR count). The lowest BCUT2D eigenvalue weighted by Gasteiger charge is -2.36. The second-order valence-electron chi connectivity index (χ2n) is 7.90. The maximum atomic E-state index is 13.6. The van der Waals surface area contributed by atoms with Crippen molar-refractivity contribution in [2.75, 3.05) is 37.7 Å². The van der Waals surface area contributed by atoms with E-state index in [4.69, 9.17) is 0 Å². The van der Waals surface area contributed by atoms with Crippen molar-refractivity contribution in [2.45, 2.75) is 19.8 Å². The van der Waals surface area contributed by atoms with Gasteiger partial charge in [-0.25, -0.2) is 12.8 Å². The lowest BCUT2D eigenvalue weighted by atomic mass is 10.1. The van der Waals surface area contributed by atoms with Crippen molar-refractivity contribution >= 4 is 32.6 Å². The van der Waals surface area contributed by atoms with E-state index in [9.17, 15) is 22.4 Å². The first-order chi connectivity index (χ1) is 13.7. The second-order valence-corrected chi connectivity index (χ2v) is 10.1. The minimum Gasteiger partial charge on any atom is -0.358 e. The van der Waals surface area contributed by atoms with Crippen LogP contribution in [0.4, 0.5) is 4.39 Å². The Morgan fingerprint density at radius 1 is 1.17 bits per heavy atom. The molecule has 1 aromatic heterocycles. The average molecular weight is 421 g/mol. The van der Waals surface area contributed by atoms with Crippen LogP contribution in [0.15, 0.2) is 18.2 Å². The number of piperazine rings is 1. The summed E-state index contributed by atoms with van der Waals surface area (Å²) in [6.07, 6.45) is 0.556. The summed E-state index contributed by atoms with van der Waals surface area (Å²) in [6.45, 7) is 3.51. The molecule has 2 amide bonds. The number of H-pyrrole nitrogens is 1. The van der Waals surface area contributed by atoms with Gasteiger partial charge in [-0.2, -0.15) is 0 Å². The number of aryl methyl sites for hydroxylation is 1. The van der Waals surface area contributed by atoms with Crippen LogP contribution in [0.5, 0.6) is 0 Å². The van der Waals surface area contributed by atoms with Gasteiger partial charge in [-0.3, -0.25) is 9.59 Å². The Hall–Kier alpha value is -2.42. The summed E-state index contributed by atoms with van der Waals surface area (Å²) >= 11 is 0. The number of nitrogens with zero attached hydrogens (tertiary/aromatic N) is 2. The number of rotatable bonds is 3. The van der Waals surface area contributed by atoms with Crippen LogP contribution in [0.2, 0.25) is 0 Å². The third-order valence-corrected chi connectivity index (χ3v) is 7.70. The topological polar surface area (TPSA) is 90.6 Å². The number of carbonyl (C=O) groups excluding carboxylic acids is 2. The van der Waals surface area contributed by atoms with Gasteiger partial charge in [0, 0.05) is 42.8 Å². The number of hydrogen-bond acceptors (Lipinski definition) is 4. The molecule has 2 aliphatic rings.